The van der Waals surface area contributed by atoms with E-state index in [0.29, 0.717) is 17.4 Å². The average Bonchev–Trinajstić information content (AvgIpc) is 3.09. The highest BCUT2D eigenvalue weighted by atomic mass is 16.6. The molecule has 2 aliphatic carbocycles. The minimum atomic E-state index is -0.466. The van der Waals surface area contributed by atoms with Crippen LogP contribution in [-0.4, -0.2) is 16.9 Å². The second kappa shape index (κ2) is 5.71. The van der Waals surface area contributed by atoms with Crippen molar-refractivity contribution in [2.24, 2.45) is 17.8 Å². The third-order valence-corrected chi connectivity index (χ3v) is 5.46. The van der Waals surface area contributed by atoms with Crippen LogP contribution < -0.4 is 5.32 Å². The Morgan fingerprint density at radius 2 is 2.14 bits per heavy atom. The molecule has 22 heavy (non-hydrogen) atoms. The van der Waals surface area contributed by atoms with Crippen LogP contribution in [0, 0.1) is 34.8 Å². The van der Waals surface area contributed by atoms with Gasteiger partial charge in [-0.05, 0) is 56.9 Å². The van der Waals surface area contributed by atoms with E-state index in [4.69, 9.17) is 0 Å². The van der Waals surface area contributed by atoms with Gasteiger partial charge in [-0.3, -0.25) is 14.9 Å². The van der Waals surface area contributed by atoms with Crippen molar-refractivity contribution in [2.75, 3.05) is 0 Å². The molecule has 0 spiro atoms. The fourth-order valence-corrected chi connectivity index (χ4v) is 4.38. The number of carbonyl (C=O) groups is 1. The maximum absolute atomic E-state index is 12.5. The standard InChI is InChI=1S/C17H22N2O3/c1-10-4-3-5-14(16(10)19(21)22)17(20)18-11(2)15-9-12-6-7-13(15)8-12/h3-5,11-13,15H,6-9H2,1-2H3,(H,18,20)/t11-,12-,13-,15+/m1/s1. The van der Waals surface area contributed by atoms with Crippen molar-refractivity contribution in [1.29, 1.82) is 0 Å². The van der Waals surface area contributed by atoms with Gasteiger partial charge < -0.3 is 5.32 Å². The second-order valence-electron chi connectivity index (χ2n) is 6.83. The molecule has 0 aromatic heterocycles. The molecular weight excluding hydrogens is 280 g/mol. The number of hydrogen-bond acceptors (Lipinski definition) is 3. The quantitative estimate of drug-likeness (QED) is 0.684. The van der Waals surface area contributed by atoms with E-state index in [9.17, 15) is 14.9 Å². The van der Waals surface area contributed by atoms with E-state index in [-0.39, 0.29) is 23.2 Å². The molecule has 5 nitrogen and oxygen atoms in total. The minimum Gasteiger partial charge on any atom is -0.349 e. The summed E-state index contributed by atoms with van der Waals surface area (Å²) >= 11 is 0. The molecule has 1 amide bonds. The number of aryl methyl sites for hydroxylation is 1. The van der Waals surface area contributed by atoms with Gasteiger partial charge in [0.2, 0.25) is 0 Å². The molecule has 0 aliphatic heterocycles. The molecule has 0 unspecified atom stereocenters. The van der Waals surface area contributed by atoms with Gasteiger partial charge >= 0.3 is 0 Å². The van der Waals surface area contributed by atoms with Crippen LogP contribution in [0.15, 0.2) is 18.2 Å². The summed E-state index contributed by atoms with van der Waals surface area (Å²) < 4.78 is 0. The van der Waals surface area contributed by atoms with Gasteiger partial charge in [-0.1, -0.05) is 18.6 Å². The third-order valence-electron chi connectivity index (χ3n) is 5.46. The monoisotopic (exact) mass is 302 g/mol. The van der Waals surface area contributed by atoms with E-state index >= 15 is 0 Å². The van der Waals surface area contributed by atoms with Crippen molar-refractivity contribution < 1.29 is 9.72 Å². The van der Waals surface area contributed by atoms with Gasteiger partial charge in [0.25, 0.3) is 11.6 Å². The first-order valence-corrected chi connectivity index (χ1v) is 8.02. The third kappa shape index (κ3) is 2.60. The normalized spacial score (nSPS) is 27.6. The van der Waals surface area contributed by atoms with E-state index in [1.54, 1.807) is 19.1 Å². The zero-order valence-electron chi connectivity index (χ0n) is 13.0. The lowest BCUT2D eigenvalue weighted by Crippen LogP contribution is -2.40. The fraction of sp³-hybridized carbons (Fsp3) is 0.588. The maximum Gasteiger partial charge on any atom is 0.285 e. The van der Waals surface area contributed by atoms with E-state index in [1.165, 1.54) is 31.7 Å². The van der Waals surface area contributed by atoms with E-state index in [0.717, 1.165) is 5.92 Å². The van der Waals surface area contributed by atoms with Gasteiger partial charge in [-0.2, -0.15) is 0 Å². The summed E-state index contributed by atoms with van der Waals surface area (Å²) in [7, 11) is 0. The van der Waals surface area contributed by atoms with Crippen LogP contribution in [0.5, 0.6) is 0 Å². The number of nitro groups is 1. The first kappa shape index (κ1) is 15.0. The number of nitrogens with zero attached hydrogens (tertiary/aromatic N) is 1. The Bertz CT molecular complexity index is 614. The summed E-state index contributed by atoms with van der Waals surface area (Å²) in [4.78, 5) is 23.2. The molecule has 1 aromatic carbocycles. The van der Waals surface area contributed by atoms with Gasteiger partial charge in [0, 0.05) is 11.6 Å². The summed E-state index contributed by atoms with van der Waals surface area (Å²) in [6.07, 6.45) is 5.06. The number of para-hydroxylation sites is 1. The second-order valence-corrected chi connectivity index (χ2v) is 6.83. The SMILES string of the molecule is Cc1cccc(C(=O)N[C@H](C)[C@@H]2C[C@@H]3CC[C@@H]2C3)c1[N+](=O)[O-]. The molecule has 2 bridgehead atoms. The van der Waals surface area contributed by atoms with Crippen molar-refractivity contribution >= 4 is 11.6 Å². The van der Waals surface area contributed by atoms with Crippen LogP contribution in [-0.2, 0) is 0 Å². The zero-order valence-corrected chi connectivity index (χ0v) is 13.0. The number of rotatable bonds is 4. The van der Waals surface area contributed by atoms with Crippen LogP contribution in [0.1, 0.15) is 48.5 Å². The van der Waals surface area contributed by atoms with Crippen LogP contribution in [0.3, 0.4) is 0 Å². The zero-order chi connectivity index (χ0) is 15.9. The Morgan fingerprint density at radius 3 is 2.73 bits per heavy atom. The lowest BCUT2D eigenvalue weighted by atomic mass is 9.84. The summed E-state index contributed by atoms with van der Waals surface area (Å²) in [5.41, 5.74) is 0.602. The maximum atomic E-state index is 12.5. The Balaban J connectivity index is 1.75. The van der Waals surface area contributed by atoms with Gasteiger partial charge in [-0.15, -0.1) is 0 Å². The number of fused-ring (bicyclic) bond motifs is 2. The lowest BCUT2D eigenvalue weighted by Gasteiger charge is -2.28. The number of nitrogens with one attached hydrogen (secondary N) is 1. The van der Waals surface area contributed by atoms with Crippen LogP contribution in [0.25, 0.3) is 0 Å². The molecule has 4 atom stereocenters. The number of amides is 1. The van der Waals surface area contributed by atoms with Gasteiger partial charge in [-0.25, -0.2) is 0 Å². The lowest BCUT2D eigenvalue weighted by molar-refractivity contribution is -0.385. The Labute approximate surface area is 130 Å². The van der Waals surface area contributed by atoms with E-state index in [2.05, 4.69) is 5.32 Å². The van der Waals surface area contributed by atoms with Crippen molar-refractivity contribution in [1.82, 2.24) is 5.32 Å². The highest BCUT2D eigenvalue weighted by molar-refractivity contribution is 5.98. The first-order valence-electron chi connectivity index (χ1n) is 8.02. The molecule has 2 fully saturated rings. The van der Waals surface area contributed by atoms with Crippen molar-refractivity contribution in [3.63, 3.8) is 0 Å². The minimum absolute atomic E-state index is 0.0721. The van der Waals surface area contributed by atoms with Crippen LogP contribution in [0.2, 0.25) is 0 Å². The Morgan fingerprint density at radius 1 is 1.36 bits per heavy atom. The molecule has 2 saturated carbocycles. The molecule has 2 aliphatic rings. The predicted molar refractivity (Wildman–Crippen MR) is 83.7 cm³/mol. The number of benzene rings is 1. The van der Waals surface area contributed by atoms with Gasteiger partial charge in [0.15, 0.2) is 0 Å². The van der Waals surface area contributed by atoms with Crippen molar-refractivity contribution in [3.05, 3.63) is 39.4 Å². The topological polar surface area (TPSA) is 72.2 Å². The molecule has 1 N–H and O–H groups in total. The summed E-state index contributed by atoms with van der Waals surface area (Å²) in [5, 5.41) is 14.2. The Hall–Kier alpha value is -1.91. The molecule has 118 valence electrons. The summed E-state index contributed by atoms with van der Waals surface area (Å²) in [5.74, 6) is 1.73. The van der Waals surface area contributed by atoms with Crippen molar-refractivity contribution in [2.45, 2.75) is 45.6 Å². The molecule has 0 saturated heterocycles. The Kier molecular flexibility index (Phi) is 3.89. The molecule has 5 heteroatoms. The highest BCUT2D eigenvalue weighted by Gasteiger charge is 2.42. The molecule has 0 heterocycles. The first-order chi connectivity index (χ1) is 10.5. The van der Waals surface area contributed by atoms with Crippen LogP contribution >= 0.6 is 0 Å². The van der Waals surface area contributed by atoms with E-state index < -0.39 is 4.92 Å². The molecule has 3 rings (SSSR count). The van der Waals surface area contributed by atoms with Gasteiger partial charge in [0.1, 0.15) is 5.56 Å². The van der Waals surface area contributed by atoms with Crippen LogP contribution in [0.4, 0.5) is 5.69 Å². The largest absolute Gasteiger partial charge is 0.349 e. The molecule has 0 radical (unpaired) electrons. The molecular formula is C17H22N2O3. The number of hydrogen-bond donors (Lipinski definition) is 1. The number of nitro benzene ring substituents is 1. The van der Waals surface area contributed by atoms with Crippen molar-refractivity contribution in [3.8, 4) is 0 Å². The van der Waals surface area contributed by atoms with Gasteiger partial charge in [0.05, 0.1) is 4.92 Å². The summed E-state index contributed by atoms with van der Waals surface area (Å²) in [6, 6.07) is 4.96. The highest BCUT2D eigenvalue weighted by Crippen LogP contribution is 2.49. The smallest absolute Gasteiger partial charge is 0.285 e. The summed E-state index contributed by atoms with van der Waals surface area (Å²) in [6.45, 7) is 3.69. The van der Waals surface area contributed by atoms with E-state index in [1.807, 2.05) is 6.92 Å². The molecule has 1 aromatic rings. The predicted octanol–water partition coefficient (Wildman–Crippen LogP) is 3.46. The number of carbonyl (C=O) groups excluding carboxylic acids is 1. The average molecular weight is 302 g/mol. The fourth-order valence-electron chi connectivity index (χ4n) is 4.38.